The van der Waals surface area contributed by atoms with E-state index < -0.39 is 40.3 Å². The molecule has 2 atom stereocenters. The molecule has 1 amide bonds. The van der Waals surface area contributed by atoms with E-state index in [0.717, 1.165) is 4.90 Å². The highest BCUT2D eigenvalue weighted by molar-refractivity contribution is 7.91. The summed E-state index contributed by atoms with van der Waals surface area (Å²) >= 11 is 0. The van der Waals surface area contributed by atoms with Crippen LogP contribution in [0, 0.1) is 0 Å². The minimum absolute atomic E-state index is 0.00430. The Morgan fingerprint density at radius 1 is 1.40 bits per heavy atom. The highest BCUT2D eigenvalue weighted by Crippen LogP contribution is 2.19. The Morgan fingerprint density at radius 3 is 2.65 bits per heavy atom. The van der Waals surface area contributed by atoms with E-state index >= 15 is 0 Å². The molecule has 20 heavy (non-hydrogen) atoms. The second kappa shape index (κ2) is 6.06. The summed E-state index contributed by atoms with van der Waals surface area (Å²) in [5, 5.41) is 11.9. The van der Waals surface area contributed by atoms with Crippen molar-refractivity contribution < 1.29 is 27.9 Å². The van der Waals surface area contributed by atoms with Gasteiger partial charge in [-0.25, -0.2) is 8.42 Å². The number of carboxylic acids is 1. The van der Waals surface area contributed by atoms with Gasteiger partial charge in [-0.2, -0.15) is 0 Å². The van der Waals surface area contributed by atoms with Crippen LogP contribution in [0.1, 0.15) is 6.42 Å². The first-order valence-electron chi connectivity index (χ1n) is 6.43. The highest BCUT2D eigenvalue weighted by Gasteiger charge is 2.38. The molecule has 9 heteroatoms. The van der Waals surface area contributed by atoms with Crippen molar-refractivity contribution in [2.45, 2.75) is 18.5 Å². The third kappa shape index (κ3) is 3.68. The van der Waals surface area contributed by atoms with Gasteiger partial charge in [-0.3, -0.25) is 9.59 Å². The van der Waals surface area contributed by atoms with E-state index in [-0.39, 0.29) is 24.5 Å². The van der Waals surface area contributed by atoms with Crippen molar-refractivity contribution >= 4 is 21.7 Å². The van der Waals surface area contributed by atoms with Crippen LogP contribution in [-0.2, 0) is 24.2 Å². The zero-order valence-electron chi connectivity index (χ0n) is 10.9. The van der Waals surface area contributed by atoms with Crippen LogP contribution >= 0.6 is 0 Å². The summed E-state index contributed by atoms with van der Waals surface area (Å²) in [4.78, 5) is 24.4. The number of aliphatic carboxylic acids is 1. The molecule has 0 aliphatic carbocycles. The second-order valence-corrected chi connectivity index (χ2v) is 7.23. The van der Waals surface area contributed by atoms with Gasteiger partial charge in [0.2, 0.25) is 5.91 Å². The maximum atomic E-state index is 12.4. The summed E-state index contributed by atoms with van der Waals surface area (Å²) < 4.78 is 28.2. The van der Waals surface area contributed by atoms with Crippen LogP contribution in [-0.4, -0.2) is 80.2 Å². The van der Waals surface area contributed by atoms with E-state index in [1.165, 1.54) is 0 Å². The third-order valence-corrected chi connectivity index (χ3v) is 5.21. The van der Waals surface area contributed by atoms with Crippen LogP contribution in [0.15, 0.2) is 0 Å². The Kier molecular flexibility index (Phi) is 4.61. The lowest BCUT2D eigenvalue weighted by molar-refractivity contribution is -0.148. The molecule has 0 aromatic heterocycles. The number of hydrogen-bond donors (Lipinski definition) is 2. The maximum Gasteiger partial charge on any atom is 0.323 e. The van der Waals surface area contributed by atoms with E-state index in [9.17, 15) is 18.0 Å². The van der Waals surface area contributed by atoms with E-state index in [0.29, 0.717) is 13.2 Å². The number of hydrogen-bond acceptors (Lipinski definition) is 6. The van der Waals surface area contributed by atoms with Crippen molar-refractivity contribution in [2.24, 2.45) is 0 Å². The highest BCUT2D eigenvalue weighted by atomic mass is 32.2. The molecule has 0 saturated carbocycles. The number of carboxylic acid groups (broad SMARTS) is 1. The van der Waals surface area contributed by atoms with Gasteiger partial charge < -0.3 is 20.1 Å². The average molecular weight is 306 g/mol. The monoisotopic (exact) mass is 306 g/mol. The fourth-order valence-electron chi connectivity index (χ4n) is 2.48. The maximum absolute atomic E-state index is 12.4. The largest absolute Gasteiger partial charge is 0.480 e. The SMILES string of the molecule is O=C(O)CN(C(=O)C1COCCN1)C1CCS(=O)(=O)C1. The summed E-state index contributed by atoms with van der Waals surface area (Å²) in [7, 11) is -3.18. The van der Waals surface area contributed by atoms with Crippen LogP contribution in [0.2, 0.25) is 0 Å². The minimum atomic E-state index is -3.18. The number of carbonyl (C=O) groups is 2. The molecule has 0 aromatic rings. The number of amides is 1. The first-order chi connectivity index (χ1) is 9.39. The number of nitrogens with one attached hydrogen (secondary N) is 1. The Labute approximate surface area is 117 Å². The first-order valence-corrected chi connectivity index (χ1v) is 8.25. The van der Waals surface area contributed by atoms with Gasteiger partial charge >= 0.3 is 5.97 Å². The molecular weight excluding hydrogens is 288 g/mol. The summed E-state index contributed by atoms with van der Waals surface area (Å²) in [6.45, 7) is 0.701. The number of carbonyl (C=O) groups excluding carboxylic acids is 1. The molecule has 2 saturated heterocycles. The summed E-state index contributed by atoms with van der Waals surface area (Å²) in [5.41, 5.74) is 0. The standard InChI is InChI=1S/C11H18N2O6S/c14-10(15)5-13(8-1-4-20(17,18)7-8)11(16)9-6-19-3-2-12-9/h8-9,12H,1-7H2,(H,14,15). The molecule has 2 N–H and O–H groups in total. The molecule has 0 radical (unpaired) electrons. The van der Waals surface area contributed by atoms with Crippen LogP contribution in [0.5, 0.6) is 0 Å². The Balaban J connectivity index is 2.10. The van der Waals surface area contributed by atoms with Crippen LogP contribution in [0.4, 0.5) is 0 Å². The van der Waals surface area contributed by atoms with Gasteiger partial charge in [0.25, 0.3) is 0 Å². The first kappa shape index (κ1) is 15.2. The second-order valence-electron chi connectivity index (χ2n) is 5.00. The fraction of sp³-hybridized carbons (Fsp3) is 0.818. The molecule has 2 aliphatic heterocycles. The van der Waals surface area contributed by atoms with Crippen LogP contribution < -0.4 is 5.32 Å². The normalized spacial score (nSPS) is 29.0. The minimum Gasteiger partial charge on any atom is -0.480 e. The van der Waals surface area contributed by atoms with Gasteiger partial charge in [0.15, 0.2) is 9.84 Å². The van der Waals surface area contributed by atoms with Crippen molar-refractivity contribution in [2.75, 3.05) is 37.8 Å². The molecular formula is C11H18N2O6S. The Bertz CT molecular complexity index is 485. The van der Waals surface area contributed by atoms with Crippen molar-refractivity contribution in [1.82, 2.24) is 10.2 Å². The van der Waals surface area contributed by atoms with Gasteiger partial charge in [0.1, 0.15) is 12.6 Å². The van der Waals surface area contributed by atoms with Crippen molar-refractivity contribution in [1.29, 1.82) is 0 Å². The van der Waals surface area contributed by atoms with Crippen molar-refractivity contribution in [3.8, 4) is 0 Å². The van der Waals surface area contributed by atoms with E-state index in [4.69, 9.17) is 9.84 Å². The number of ether oxygens (including phenoxy) is 1. The average Bonchev–Trinajstić information content (AvgIpc) is 2.76. The molecule has 0 bridgehead atoms. The number of nitrogens with zero attached hydrogens (tertiary/aromatic N) is 1. The Hall–Kier alpha value is -1.19. The molecule has 0 spiro atoms. The smallest absolute Gasteiger partial charge is 0.323 e. The molecule has 2 aliphatic rings. The molecule has 8 nitrogen and oxygen atoms in total. The zero-order valence-corrected chi connectivity index (χ0v) is 11.8. The fourth-order valence-corrected chi connectivity index (χ4v) is 4.21. The van der Waals surface area contributed by atoms with Crippen molar-refractivity contribution in [3.05, 3.63) is 0 Å². The van der Waals surface area contributed by atoms with E-state index in [1.54, 1.807) is 0 Å². The lowest BCUT2D eigenvalue weighted by Gasteiger charge is -2.32. The summed E-state index contributed by atoms with van der Waals surface area (Å²) in [5.74, 6) is -1.73. The zero-order chi connectivity index (χ0) is 14.8. The lowest BCUT2D eigenvalue weighted by Crippen LogP contribution is -2.56. The molecule has 2 unspecified atom stereocenters. The van der Waals surface area contributed by atoms with E-state index in [2.05, 4.69) is 5.32 Å². The summed E-state index contributed by atoms with van der Waals surface area (Å²) in [6, 6.07) is -1.17. The predicted molar refractivity (Wildman–Crippen MR) is 69.0 cm³/mol. The van der Waals surface area contributed by atoms with Crippen molar-refractivity contribution in [3.63, 3.8) is 0 Å². The topological polar surface area (TPSA) is 113 Å². The van der Waals surface area contributed by atoms with Crippen LogP contribution in [0.25, 0.3) is 0 Å². The van der Waals surface area contributed by atoms with Gasteiger partial charge in [-0.15, -0.1) is 0 Å². The lowest BCUT2D eigenvalue weighted by atomic mass is 10.1. The molecule has 114 valence electrons. The van der Waals surface area contributed by atoms with Gasteiger partial charge in [0.05, 0.1) is 24.7 Å². The third-order valence-electron chi connectivity index (χ3n) is 3.46. The molecule has 2 rings (SSSR count). The number of morpholine rings is 1. The number of rotatable bonds is 4. The Morgan fingerprint density at radius 2 is 2.15 bits per heavy atom. The molecule has 0 aromatic carbocycles. The quantitative estimate of drug-likeness (QED) is 0.622. The molecule has 2 heterocycles. The number of sulfone groups is 1. The van der Waals surface area contributed by atoms with Gasteiger partial charge in [0, 0.05) is 12.6 Å². The van der Waals surface area contributed by atoms with Crippen LogP contribution in [0.3, 0.4) is 0 Å². The molecule has 2 fully saturated rings. The van der Waals surface area contributed by atoms with Gasteiger partial charge in [-0.1, -0.05) is 0 Å². The van der Waals surface area contributed by atoms with Gasteiger partial charge in [-0.05, 0) is 6.42 Å². The van der Waals surface area contributed by atoms with E-state index in [1.807, 2.05) is 0 Å². The summed E-state index contributed by atoms with van der Waals surface area (Å²) in [6.07, 6.45) is 0.287. The predicted octanol–water partition coefficient (Wildman–Crippen LogP) is -1.92.